The van der Waals surface area contributed by atoms with Crippen LogP contribution in [0.1, 0.15) is 33.6 Å². The molecule has 1 fully saturated rings. The normalized spacial score (nSPS) is 15.0. The van der Waals surface area contributed by atoms with Crippen molar-refractivity contribution in [3.8, 4) is 22.6 Å². The molecule has 1 aliphatic rings. The van der Waals surface area contributed by atoms with E-state index in [4.69, 9.17) is 9.47 Å². The molecule has 31 heavy (non-hydrogen) atoms. The molecule has 0 bridgehead atoms. The minimum atomic E-state index is -0.472. The molecule has 1 aliphatic heterocycles. The average molecular weight is 422 g/mol. The molecule has 1 amide bonds. The summed E-state index contributed by atoms with van der Waals surface area (Å²) >= 11 is 0. The first-order valence-electron chi connectivity index (χ1n) is 10.5. The van der Waals surface area contributed by atoms with E-state index in [0.29, 0.717) is 13.1 Å². The summed E-state index contributed by atoms with van der Waals surface area (Å²) in [5.41, 5.74) is 2.65. The molecule has 0 unspecified atom stereocenters. The summed E-state index contributed by atoms with van der Waals surface area (Å²) in [6, 6.07) is 16.1. The van der Waals surface area contributed by atoms with E-state index in [9.17, 15) is 4.79 Å². The van der Waals surface area contributed by atoms with Gasteiger partial charge in [0.1, 0.15) is 23.8 Å². The number of benzene rings is 2. The predicted molar refractivity (Wildman–Crippen MR) is 116 cm³/mol. The van der Waals surface area contributed by atoms with Gasteiger partial charge in [-0.2, -0.15) is 0 Å². The maximum atomic E-state index is 12.2. The largest absolute Gasteiger partial charge is 0.490 e. The Kier molecular flexibility index (Phi) is 5.88. The van der Waals surface area contributed by atoms with Crippen LogP contribution in [0.15, 0.2) is 54.9 Å². The molecule has 0 aliphatic carbocycles. The molecule has 0 saturated carbocycles. The van der Waals surface area contributed by atoms with Crippen LogP contribution in [0.5, 0.6) is 5.75 Å². The molecule has 8 heteroatoms. The van der Waals surface area contributed by atoms with Crippen LogP contribution in [0.25, 0.3) is 16.8 Å². The highest BCUT2D eigenvalue weighted by molar-refractivity contribution is 5.68. The first-order valence-corrected chi connectivity index (χ1v) is 10.5. The number of carbonyl (C=O) groups is 1. The second-order valence-corrected chi connectivity index (χ2v) is 8.61. The van der Waals surface area contributed by atoms with Gasteiger partial charge in [0.2, 0.25) is 0 Å². The quantitative estimate of drug-likeness (QED) is 0.631. The van der Waals surface area contributed by atoms with E-state index in [2.05, 4.69) is 27.7 Å². The van der Waals surface area contributed by atoms with Crippen LogP contribution in [0, 0.1) is 0 Å². The molecule has 0 N–H and O–H groups in total. The van der Waals surface area contributed by atoms with Crippen LogP contribution in [0.3, 0.4) is 0 Å². The van der Waals surface area contributed by atoms with E-state index < -0.39 is 5.60 Å². The van der Waals surface area contributed by atoms with Gasteiger partial charge < -0.3 is 14.4 Å². The zero-order chi connectivity index (χ0) is 21.8. The molecule has 0 atom stereocenters. The van der Waals surface area contributed by atoms with E-state index >= 15 is 0 Å². The van der Waals surface area contributed by atoms with Crippen molar-refractivity contribution >= 4 is 6.09 Å². The fourth-order valence-corrected chi connectivity index (χ4v) is 3.49. The highest BCUT2D eigenvalue weighted by Gasteiger charge is 2.27. The maximum absolute atomic E-state index is 12.2. The number of aromatic nitrogens is 4. The zero-order valence-corrected chi connectivity index (χ0v) is 18.1. The molecule has 2 aromatic carbocycles. The van der Waals surface area contributed by atoms with Crippen molar-refractivity contribution in [2.75, 3.05) is 13.1 Å². The summed E-state index contributed by atoms with van der Waals surface area (Å²) < 4.78 is 13.2. The summed E-state index contributed by atoms with van der Waals surface area (Å²) in [5, 5.41) is 11.2. The van der Waals surface area contributed by atoms with Gasteiger partial charge in [0.05, 0.1) is 5.69 Å². The van der Waals surface area contributed by atoms with Crippen molar-refractivity contribution in [3.05, 3.63) is 54.9 Å². The first-order chi connectivity index (χ1) is 14.9. The lowest BCUT2D eigenvalue weighted by Crippen LogP contribution is -2.44. The second kappa shape index (κ2) is 8.75. The molecule has 162 valence electrons. The number of nitrogens with zero attached hydrogens (tertiary/aromatic N) is 5. The van der Waals surface area contributed by atoms with Crippen molar-refractivity contribution in [2.24, 2.45) is 0 Å². The second-order valence-electron chi connectivity index (χ2n) is 8.61. The van der Waals surface area contributed by atoms with Crippen LogP contribution in [0.4, 0.5) is 4.79 Å². The van der Waals surface area contributed by atoms with Gasteiger partial charge in [-0.25, -0.2) is 9.48 Å². The highest BCUT2D eigenvalue weighted by Crippen LogP contribution is 2.25. The number of rotatable bonds is 4. The molecular weight excluding hydrogens is 394 g/mol. The van der Waals surface area contributed by atoms with Gasteiger partial charge in [0.15, 0.2) is 0 Å². The van der Waals surface area contributed by atoms with Crippen molar-refractivity contribution in [2.45, 2.75) is 45.3 Å². The molecule has 0 radical (unpaired) electrons. The SMILES string of the molecule is CC(C)(C)OC(=O)N1CCC(Oc2ccc(-c3ccc(-n4cnnn4)cc3)cc2)CC1. The number of likely N-dealkylation sites (tertiary alicyclic amines) is 1. The van der Waals surface area contributed by atoms with Gasteiger partial charge in [0.25, 0.3) is 0 Å². The standard InChI is InChI=1S/C23H27N5O3/c1-23(2,3)31-22(29)27-14-12-21(13-15-27)30-20-10-6-18(7-11-20)17-4-8-19(9-5-17)28-16-24-25-26-28/h4-11,16,21H,12-15H2,1-3H3. The third-order valence-corrected chi connectivity index (χ3v) is 5.06. The minimum Gasteiger partial charge on any atom is -0.490 e. The number of amides is 1. The van der Waals surface area contributed by atoms with Crippen LogP contribution < -0.4 is 4.74 Å². The van der Waals surface area contributed by atoms with Gasteiger partial charge in [-0.15, -0.1) is 5.10 Å². The van der Waals surface area contributed by atoms with Crippen LogP contribution in [-0.2, 0) is 4.74 Å². The van der Waals surface area contributed by atoms with Crippen LogP contribution >= 0.6 is 0 Å². The number of hydrogen-bond donors (Lipinski definition) is 0. The molecule has 0 spiro atoms. The fourth-order valence-electron chi connectivity index (χ4n) is 3.49. The van der Waals surface area contributed by atoms with E-state index in [1.807, 2.05) is 57.2 Å². The summed E-state index contributed by atoms with van der Waals surface area (Å²) in [6.07, 6.45) is 3.00. The summed E-state index contributed by atoms with van der Waals surface area (Å²) in [5.74, 6) is 0.838. The van der Waals surface area contributed by atoms with E-state index in [-0.39, 0.29) is 12.2 Å². The number of ether oxygens (including phenoxy) is 2. The fraction of sp³-hybridized carbons (Fsp3) is 0.391. The minimum absolute atomic E-state index is 0.0973. The zero-order valence-electron chi connectivity index (χ0n) is 18.1. The van der Waals surface area contributed by atoms with E-state index in [1.165, 1.54) is 0 Å². The van der Waals surface area contributed by atoms with Gasteiger partial charge in [0, 0.05) is 25.9 Å². The Bertz CT molecular complexity index is 987. The molecule has 8 nitrogen and oxygen atoms in total. The molecular formula is C23H27N5O3. The van der Waals surface area contributed by atoms with Gasteiger partial charge in [-0.05, 0) is 66.6 Å². The van der Waals surface area contributed by atoms with E-state index in [0.717, 1.165) is 35.4 Å². The number of piperidine rings is 1. The van der Waals surface area contributed by atoms with Crippen LogP contribution in [-0.4, -0.2) is 56.0 Å². The van der Waals surface area contributed by atoms with E-state index in [1.54, 1.807) is 15.9 Å². The number of carbonyl (C=O) groups excluding carboxylic acids is 1. The Morgan fingerprint density at radius 1 is 0.968 bits per heavy atom. The molecule has 1 saturated heterocycles. The Balaban J connectivity index is 1.31. The van der Waals surface area contributed by atoms with Crippen molar-refractivity contribution in [3.63, 3.8) is 0 Å². The highest BCUT2D eigenvalue weighted by atomic mass is 16.6. The van der Waals surface area contributed by atoms with Gasteiger partial charge >= 0.3 is 6.09 Å². The van der Waals surface area contributed by atoms with Crippen molar-refractivity contribution < 1.29 is 14.3 Å². The maximum Gasteiger partial charge on any atom is 0.410 e. The molecule has 1 aromatic heterocycles. The molecule has 2 heterocycles. The predicted octanol–water partition coefficient (Wildman–Crippen LogP) is 4.11. The Morgan fingerprint density at radius 2 is 1.58 bits per heavy atom. The number of tetrazole rings is 1. The molecule has 4 rings (SSSR count). The molecule has 3 aromatic rings. The Hall–Kier alpha value is -3.42. The summed E-state index contributed by atoms with van der Waals surface area (Å²) in [7, 11) is 0. The summed E-state index contributed by atoms with van der Waals surface area (Å²) in [4.78, 5) is 13.9. The number of hydrogen-bond acceptors (Lipinski definition) is 6. The van der Waals surface area contributed by atoms with Crippen LogP contribution in [0.2, 0.25) is 0 Å². The van der Waals surface area contributed by atoms with Gasteiger partial charge in [-0.1, -0.05) is 24.3 Å². The summed E-state index contributed by atoms with van der Waals surface area (Å²) in [6.45, 7) is 6.93. The lowest BCUT2D eigenvalue weighted by molar-refractivity contribution is 0.0126. The Morgan fingerprint density at radius 3 is 2.13 bits per heavy atom. The topological polar surface area (TPSA) is 82.4 Å². The average Bonchev–Trinajstić information content (AvgIpc) is 3.29. The third-order valence-electron chi connectivity index (χ3n) is 5.06. The Labute approximate surface area is 181 Å². The first kappa shape index (κ1) is 20.8. The lowest BCUT2D eigenvalue weighted by Gasteiger charge is -2.33. The lowest BCUT2D eigenvalue weighted by atomic mass is 10.0. The van der Waals surface area contributed by atoms with Crippen molar-refractivity contribution in [1.29, 1.82) is 0 Å². The monoisotopic (exact) mass is 421 g/mol. The van der Waals surface area contributed by atoms with Crippen molar-refractivity contribution in [1.82, 2.24) is 25.1 Å². The smallest absolute Gasteiger partial charge is 0.410 e. The third kappa shape index (κ3) is 5.39. The van der Waals surface area contributed by atoms with Gasteiger partial charge in [-0.3, -0.25) is 0 Å².